The van der Waals surface area contributed by atoms with Crippen LogP contribution >= 0.6 is 11.8 Å². The first-order chi connectivity index (χ1) is 14.1. The lowest BCUT2D eigenvalue weighted by Crippen LogP contribution is -2.30. The molecular weight excluding hydrogens is 386 g/mol. The second-order valence-corrected chi connectivity index (χ2v) is 8.16. The van der Waals surface area contributed by atoms with E-state index in [1.54, 1.807) is 24.2 Å². The van der Waals surface area contributed by atoms with Gasteiger partial charge in [-0.3, -0.25) is 9.69 Å². The molecule has 2 aliphatic heterocycles. The lowest BCUT2D eigenvalue weighted by atomic mass is 9.95. The number of aliphatic carboxylic acids is 1. The van der Waals surface area contributed by atoms with E-state index in [0.29, 0.717) is 12.0 Å². The van der Waals surface area contributed by atoms with Crippen LogP contribution in [0, 0.1) is 11.3 Å². The number of carboxylic acid groups (broad SMARTS) is 1. The summed E-state index contributed by atoms with van der Waals surface area (Å²) < 4.78 is 0. The number of rotatable bonds is 5. The van der Waals surface area contributed by atoms with Crippen molar-refractivity contribution >= 4 is 29.2 Å². The number of hydrogen-bond donors (Lipinski definition) is 2. The van der Waals surface area contributed by atoms with Crippen LogP contribution in [0.1, 0.15) is 31.2 Å². The number of fused-ring (bicyclic) bond motifs is 2. The van der Waals surface area contributed by atoms with E-state index in [9.17, 15) is 10.1 Å². The summed E-state index contributed by atoms with van der Waals surface area (Å²) in [6, 6.07) is 8.64. The fourth-order valence-corrected chi connectivity index (χ4v) is 4.54. The van der Waals surface area contributed by atoms with Crippen LogP contribution in [0.4, 0.5) is 11.5 Å². The van der Waals surface area contributed by atoms with Gasteiger partial charge in [0.15, 0.2) is 5.82 Å². The van der Waals surface area contributed by atoms with Crippen molar-refractivity contribution in [3.63, 3.8) is 0 Å². The van der Waals surface area contributed by atoms with Crippen molar-refractivity contribution < 1.29 is 9.90 Å². The van der Waals surface area contributed by atoms with Crippen molar-refractivity contribution in [1.29, 1.82) is 5.26 Å². The standard InChI is InChI=1S/C21H21N5O2S/c22-12-16(2-4-19(27)28)15-5-9-26(10-6-15)13-14-1-3-18-17(11-14)25-20-21(29-18)24-8-7-23-20/h1,3,7-8,11H,2,4-6,9-10,13H2,(H,23,25)(H,27,28). The molecule has 29 heavy (non-hydrogen) atoms. The van der Waals surface area contributed by atoms with E-state index < -0.39 is 5.97 Å². The summed E-state index contributed by atoms with van der Waals surface area (Å²) in [5.74, 6) is -0.0659. The van der Waals surface area contributed by atoms with E-state index >= 15 is 0 Å². The maximum atomic E-state index is 10.8. The molecule has 148 valence electrons. The summed E-state index contributed by atoms with van der Waals surface area (Å²) in [5, 5.41) is 22.4. The number of aromatic nitrogens is 2. The molecule has 0 saturated carbocycles. The van der Waals surface area contributed by atoms with Crippen LogP contribution in [0.3, 0.4) is 0 Å². The third-order valence-electron chi connectivity index (χ3n) is 5.18. The molecule has 2 aliphatic rings. The number of piperidine rings is 1. The molecule has 1 fully saturated rings. The van der Waals surface area contributed by atoms with Crippen molar-refractivity contribution in [2.45, 2.75) is 42.1 Å². The molecule has 4 rings (SSSR count). The minimum atomic E-state index is -0.858. The number of nitriles is 1. The van der Waals surface area contributed by atoms with Crippen molar-refractivity contribution in [2.75, 3.05) is 18.4 Å². The number of anilines is 2. The summed E-state index contributed by atoms with van der Waals surface area (Å²) in [5.41, 5.74) is 4.05. The number of allylic oxidation sites excluding steroid dienone is 1. The second kappa shape index (κ2) is 8.64. The Bertz CT molecular complexity index is 1000. The van der Waals surface area contributed by atoms with Crippen molar-refractivity contribution in [1.82, 2.24) is 14.9 Å². The summed E-state index contributed by atoms with van der Waals surface area (Å²) in [6.07, 6.45) is 5.38. The zero-order valence-corrected chi connectivity index (χ0v) is 16.7. The van der Waals surface area contributed by atoms with Crippen LogP contribution in [-0.4, -0.2) is 39.0 Å². The highest BCUT2D eigenvalue weighted by Gasteiger charge is 2.20. The molecule has 0 atom stereocenters. The van der Waals surface area contributed by atoms with E-state index in [2.05, 4.69) is 44.5 Å². The molecule has 7 nitrogen and oxygen atoms in total. The molecule has 1 aromatic heterocycles. The predicted octanol–water partition coefficient (Wildman–Crippen LogP) is 3.97. The number of carboxylic acids is 1. The zero-order chi connectivity index (χ0) is 20.2. The lowest BCUT2D eigenvalue weighted by molar-refractivity contribution is -0.136. The Labute approximate surface area is 173 Å². The third kappa shape index (κ3) is 4.58. The predicted molar refractivity (Wildman–Crippen MR) is 110 cm³/mol. The molecule has 8 heteroatoms. The van der Waals surface area contributed by atoms with Gasteiger partial charge in [-0.05, 0) is 37.0 Å². The van der Waals surface area contributed by atoms with Crippen molar-refractivity contribution in [3.8, 4) is 6.07 Å². The van der Waals surface area contributed by atoms with Gasteiger partial charge in [0.05, 0.1) is 18.2 Å². The van der Waals surface area contributed by atoms with E-state index in [0.717, 1.165) is 59.5 Å². The SMILES string of the molecule is N#CC(CCC(=O)O)=C1CCN(Cc2ccc3c(c2)Nc2nccnc2S3)CC1. The van der Waals surface area contributed by atoms with Gasteiger partial charge in [-0.25, -0.2) is 9.97 Å². The summed E-state index contributed by atoms with van der Waals surface area (Å²) in [6.45, 7) is 2.60. The minimum Gasteiger partial charge on any atom is -0.481 e. The molecule has 3 heterocycles. The first-order valence-electron chi connectivity index (χ1n) is 9.56. The van der Waals surface area contributed by atoms with E-state index in [4.69, 9.17) is 5.11 Å². The minimum absolute atomic E-state index is 0.0176. The zero-order valence-electron chi connectivity index (χ0n) is 15.9. The van der Waals surface area contributed by atoms with Crippen molar-refractivity contribution in [3.05, 3.63) is 47.3 Å². The number of hydrogen-bond acceptors (Lipinski definition) is 7. The Kier molecular flexibility index (Phi) is 5.79. The highest BCUT2D eigenvalue weighted by molar-refractivity contribution is 7.99. The molecule has 0 aliphatic carbocycles. The van der Waals surface area contributed by atoms with Gasteiger partial charge >= 0.3 is 5.97 Å². The van der Waals surface area contributed by atoms with Crippen LogP contribution in [0.15, 0.2) is 51.7 Å². The van der Waals surface area contributed by atoms with Crippen LogP contribution in [0.25, 0.3) is 0 Å². The Hall–Kier alpha value is -2.89. The number of nitrogens with zero attached hydrogens (tertiary/aromatic N) is 4. The molecular formula is C21H21N5O2S. The highest BCUT2D eigenvalue weighted by atomic mass is 32.2. The summed E-state index contributed by atoms with van der Waals surface area (Å²) in [7, 11) is 0. The molecule has 0 radical (unpaired) electrons. The van der Waals surface area contributed by atoms with Gasteiger partial charge in [-0.2, -0.15) is 5.26 Å². The summed E-state index contributed by atoms with van der Waals surface area (Å²) in [4.78, 5) is 23.0. The third-order valence-corrected chi connectivity index (χ3v) is 6.25. The van der Waals surface area contributed by atoms with Crippen LogP contribution in [0.2, 0.25) is 0 Å². The smallest absolute Gasteiger partial charge is 0.303 e. The molecule has 0 unspecified atom stereocenters. The molecule has 0 bridgehead atoms. The van der Waals surface area contributed by atoms with Gasteiger partial charge in [0.25, 0.3) is 0 Å². The molecule has 2 aromatic rings. The Morgan fingerprint density at radius 3 is 2.79 bits per heavy atom. The quantitative estimate of drug-likeness (QED) is 0.613. The van der Waals surface area contributed by atoms with E-state index in [-0.39, 0.29) is 6.42 Å². The average molecular weight is 407 g/mol. The largest absolute Gasteiger partial charge is 0.481 e. The normalized spacial score (nSPS) is 15.6. The van der Waals surface area contributed by atoms with E-state index in [1.165, 1.54) is 5.56 Å². The molecule has 0 amide bonds. The fraction of sp³-hybridized carbons (Fsp3) is 0.333. The Morgan fingerprint density at radius 1 is 1.24 bits per heavy atom. The van der Waals surface area contributed by atoms with Crippen LogP contribution in [-0.2, 0) is 11.3 Å². The number of carbonyl (C=O) groups is 1. The lowest BCUT2D eigenvalue weighted by Gasteiger charge is -2.29. The maximum Gasteiger partial charge on any atom is 0.303 e. The number of likely N-dealkylation sites (tertiary alicyclic amines) is 1. The number of nitrogens with one attached hydrogen (secondary N) is 1. The van der Waals surface area contributed by atoms with Gasteiger partial charge in [0, 0.05) is 42.5 Å². The first-order valence-corrected chi connectivity index (χ1v) is 10.4. The van der Waals surface area contributed by atoms with Crippen molar-refractivity contribution in [2.24, 2.45) is 0 Å². The van der Waals surface area contributed by atoms with Gasteiger partial charge in [-0.1, -0.05) is 23.4 Å². The van der Waals surface area contributed by atoms with Crippen LogP contribution < -0.4 is 5.32 Å². The molecule has 1 aromatic carbocycles. The topological polar surface area (TPSA) is 102 Å². The highest BCUT2D eigenvalue weighted by Crippen LogP contribution is 2.42. The first kappa shape index (κ1) is 19.4. The van der Waals surface area contributed by atoms with E-state index in [1.807, 2.05) is 0 Å². The Balaban J connectivity index is 1.38. The Morgan fingerprint density at radius 2 is 2.03 bits per heavy atom. The number of benzene rings is 1. The fourth-order valence-electron chi connectivity index (χ4n) is 3.66. The molecule has 1 saturated heterocycles. The molecule has 2 N–H and O–H groups in total. The van der Waals surface area contributed by atoms with Gasteiger partial charge in [0.1, 0.15) is 5.03 Å². The van der Waals surface area contributed by atoms with Gasteiger partial charge in [-0.15, -0.1) is 0 Å². The van der Waals surface area contributed by atoms with Gasteiger partial charge < -0.3 is 10.4 Å². The second-order valence-electron chi connectivity index (χ2n) is 7.13. The summed E-state index contributed by atoms with van der Waals surface area (Å²) >= 11 is 1.62. The van der Waals surface area contributed by atoms with Crippen LogP contribution in [0.5, 0.6) is 0 Å². The molecule has 0 spiro atoms. The average Bonchev–Trinajstić information content (AvgIpc) is 2.73. The maximum absolute atomic E-state index is 10.8. The van der Waals surface area contributed by atoms with Gasteiger partial charge in [0.2, 0.25) is 0 Å². The monoisotopic (exact) mass is 407 g/mol.